The van der Waals surface area contributed by atoms with Crippen molar-refractivity contribution in [3.63, 3.8) is 0 Å². The van der Waals surface area contributed by atoms with Crippen LogP contribution in [0.2, 0.25) is 0 Å². The van der Waals surface area contributed by atoms with E-state index in [1.807, 2.05) is 52.1 Å². The average Bonchev–Trinajstić information content (AvgIpc) is 3.17. The minimum atomic E-state index is -0.0180. The first kappa shape index (κ1) is 19.9. The number of benzene rings is 1. The Hall–Kier alpha value is -3.35. The summed E-state index contributed by atoms with van der Waals surface area (Å²) in [6, 6.07) is 11.6. The van der Waals surface area contributed by atoms with Gasteiger partial charge < -0.3 is 19.5 Å². The molecule has 2 amide bonds. The van der Waals surface area contributed by atoms with Crippen LogP contribution in [0.15, 0.2) is 55.0 Å². The molecule has 2 aromatic heterocycles. The number of likely N-dealkylation sites (tertiary alicyclic amines) is 1. The summed E-state index contributed by atoms with van der Waals surface area (Å²) in [5.41, 5.74) is 1.84. The predicted molar refractivity (Wildman–Crippen MR) is 114 cm³/mol. The third kappa shape index (κ3) is 4.45. The SMILES string of the molecule is COc1ccccc1CC(=O)NC1CCN(C(=O)Cn2ccc3ccncc32)CC1. The van der Waals surface area contributed by atoms with Crippen LogP contribution < -0.4 is 10.1 Å². The van der Waals surface area contributed by atoms with Crippen LogP contribution in [-0.2, 0) is 22.6 Å². The summed E-state index contributed by atoms with van der Waals surface area (Å²) >= 11 is 0. The highest BCUT2D eigenvalue weighted by Crippen LogP contribution is 2.19. The molecule has 7 nitrogen and oxygen atoms in total. The molecular weight excluding hydrogens is 380 g/mol. The van der Waals surface area contributed by atoms with Crippen LogP contribution >= 0.6 is 0 Å². The molecule has 1 saturated heterocycles. The number of fused-ring (bicyclic) bond motifs is 1. The normalized spacial score (nSPS) is 14.6. The van der Waals surface area contributed by atoms with Crippen molar-refractivity contribution >= 4 is 22.7 Å². The highest BCUT2D eigenvalue weighted by Gasteiger charge is 2.24. The van der Waals surface area contributed by atoms with Crippen molar-refractivity contribution in [2.45, 2.75) is 31.8 Å². The van der Waals surface area contributed by atoms with Gasteiger partial charge in [0.1, 0.15) is 12.3 Å². The Morgan fingerprint density at radius 1 is 1.17 bits per heavy atom. The number of hydrogen-bond donors (Lipinski definition) is 1. The number of rotatable bonds is 6. The van der Waals surface area contributed by atoms with Crippen LogP contribution in [0.1, 0.15) is 18.4 Å². The van der Waals surface area contributed by atoms with Crippen molar-refractivity contribution in [1.82, 2.24) is 19.8 Å². The number of methoxy groups -OCH3 is 1. The first-order valence-corrected chi connectivity index (χ1v) is 10.2. The van der Waals surface area contributed by atoms with E-state index in [2.05, 4.69) is 10.3 Å². The number of amides is 2. The number of carbonyl (C=O) groups excluding carboxylic acids is 2. The fourth-order valence-electron chi connectivity index (χ4n) is 3.99. The van der Waals surface area contributed by atoms with Crippen molar-refractivity contribution in [3.05, 3.63) is 60.6 Å². The lowest BCUT2D eigenvalue weighted by atomic mass is 10.0. The van der Waals surface area contributed by atoms with Gasteiger partial charge in [0.05, 0.1) is 25.2 Å². The molecular formula is C23H26N4O3. The van der Waals surface area contributed by atoms with Crippen molar-refractivity contribution in [3.8, 4) is 5.75 Å². The van der Waals surface area contributed by atoms with Crippen LogP contribution in [0.25, 0.3) is 10.9 Å². The molecule has 1 N–H and O–H groups in total. The lowest BCUT2D eigenvalue weighted by Gasteiger charge is -2.32. The zero-order valence-corrected chi connectivity index (χ0v) is 17.1. The van der Waals surface area contributed by atoms with E-state index in [1.165, 1.54) is 0 Å². The van der Waals surface area contributed by atoms with Crippen molar-refractivity contribution in [2.24, 2.45) is 0 Å². The molecule has 1 aliphatic heterocycles. The minimum Gasteiger partial charge on any atom is -0.496 e. The third-order valence-electron chi connectivity index (χ3n) is 5.64. The van der Waals surface area contributed by atoms with Gasteiger partial charge in [0.15, 0.2) is 0 Å². The maximum atomic E-state index is 12.7. The molecule has 1 fully saturated rings. The highest BCUT2D eigenvalue weighted by molar-refractivity contribution is 5.83. The molecule has 0 radical (unpaired) electrons. The average molecular weight is 406 g/mol. The third-order valence-corrected chi connectivity index (χ3v) is 5.64. The molecule has 4 rings (SSSR count). The maximum absolute atomic E-state index is 12.7. The molecule has 30 heavy (non-hydrogen) atoms. The van der Waals surface area contributed by atoms with E-state index in [0.717, 1.165) is 35.1 Å². The second kappa shape index (κ2) is 8.98. The molecule has 7 heteroatoms. The fourth-order valence-corrected chi connectivity index (χ4v) is 3.99. The molecule has 156 valence electrons. The minimum absolute atomic E-state index is 0.0180. The fraction of sp³-hybridized carbons (Fsp3) is 0.348. The van der Waals surface area contributed by atoms with Gasteiger partial charge in [0, 0.05) is 42.5 Å². The topological polar surface area (TPSA) is 76.5 Å². The maximum Gasteiger partial charge on any atom is 0.242 e. The van der Waals surface area contributed by atoms with Gasteiger partial charge in [0.25, 0.3) is 0 Å². The van der Waals surface area contributed by atoms with E-state index in [1.54, 1.807) is 19.5 Å². The number of para-hydroxylation sites is 1. The Bertz CT molecular complexity index is 1040. The predicted octanol–water partition coefficient (Wildman–Crippen LogP) is 2.39. The Morgan fingerprint density at radius 3 is 2.77 bits per heavy atom. The summed E-state index contributed by atoms with van der Waals surface area (Å²) in [6.45, 7) is 1.60. The lowest BCUT2D eigenvalue weighted by Crippen LogP contribution is -2.47. The van der Waals surface area contributed by atoms with E-state index in [9.17, 15) is 9.59 Å². The monoisotopic (exact) mass is 406 g/mol. The first-order chi connectivity index (χ1) is 14.6. The number of carbonyl (C=O) groups is 2. The molecule has 0 spiro atoms. The van der Waals surface area contributed by atoms with Gasteiger partial charge in [-0.15, -0.1) is 0 Å². The second-order valence-corrected chi connectivity index (χ2v) is 7.59. The number of piperidine rings is 1. The number of nitrogens with one attached hydrogen (secondary N) is 1. The van der Waals surface area contributed by atoms with Crippen LogP contribution in [-0.4, -0.2) is 52.5 Å². The molecule has 1 aromatic carbocycles. The van der Waals surface area contributed by atoms with E-state index >= 15 is 0 Å². The second-order valence-electron chi connectivity index (χ2n) is 7.59. The Labute approximate surface area is 175 Å². The van der Waals surface area contributed by atoms with Crippen molar-refractivity contribution in [1.29, 1.82) is 0 Å². The summed E-state index contributed by atoms with van der Waals surface area (Å²) in [6.07, 6.45) is 7.27. The number of nitrogens with zero attached hydrogens (tertiary/aromatic N) is 3. The van der Waals surface area contributed by atoms with Crippen LogP contribution in [0.3, 0.4) is 0 Å². The molecule has 0 saturated carbocycles. The quantitative estimate of drug-likeness (QED) is 0.682. The zero-order valence-electron chi connectivity index (χ0n) is 17.1. The summed E-state index contributed by atoms with van der Waals surface area (Å²) in [5.74, 6) is 0.798. The van der Waals surface area contributed by atoms with E-state index in [0.29, 0.717) is 19.6 Å². The molecule has 0 aliphatic carbocycles. The Kier molecular flexibility index (Phi) is 5.97. The van der Waals surface area contributed by atoms with Gasteiger partial charge in [-0.25, -0.2) is 0 Å². The summed E-state index contributed by atoms with van der Waals surface area (Å²) in [7, 11) is 1.61. The number of hydrogen-bond acceptors (Lipinski definition) is 4. The van der Waals surface area contributed by atoms with Gasteiger partial charge in [-0.3, -0.25) is 14.6 Å². The summed E-state index contributed by atoms with van der Waals surface area (Å²) in [5, 5.41) is 4.18. The first-order valence-electron chi connectivity index (χ1n) is 10.2. The van der Waals surface area contributed by atoms with Gasteiger partial charge in [-0.2, -0.15) is 0 Å². The zero-order chi connectivity index (χ0) is 20.9. The summed E-state index contributed by atoms with van der Waals surface area (Å²) in [4.78, 5) is 31.2. The van der Waals surface area contributed by atoms with E-state index in [4.69, 9.17) is 4.74 Å². The van der Waals surface area contributed by atoms with Gasteiger partial charge >= 0.3 is 0 Å². The molecule has 3 aromatic rings. The number of ether oxygens (including phenoxy) is 1. The number of aromatic nitrogens is 2. The van der Waals surface area contributed by atoms with Crippen LogP contribution in [0.4, 0.5) is 0 Å². The smallest absolute Gasteiger partial charge is 0.242 e. The van der Waals surface area contributed by atoms with Crippen LogP contribution in [0.5, 0.6) is 5.75 Å². The standard InChI is InChI=1S/C23H26N4O3/c1-30-21-5-3-2-4-18(21)14-22(28)25-19-8-12-26(13-9-19)23(29)16-27-11-7-17-6-10-24-15-20(17)27/h2-7,10-11,15,19H,8-9,12-14,16H2,1H3,(H,25,28). The van der Waals surface area contributed by atoms with Crippen LogP contribution in [0, 0.1) is 0 Å². The molecule has 0 atom stereocenters. The highest BCUT2D eigenvalue weighted by atomic mass is 16.5. The van der Waals surface area contributed by atoms with Gasteiger partial charge in [0.2, 0.25) is 11.8 Å². The summed E-state index contributed by atoms with van der Waals surface area (Å²) < 4.78 is 7.25. The lowest BCUT2D eigenvalue weighted by molar-refractivity contribution is -0.133. The van der Waals surface area contributed by atoms with Crippen molar-refractivity contribution in [2.75, 3.05) is 20.2 Å². The molecule has 0 bridgehead atoms. The molecule has 0 unspecified atom stereocenters. The van der Waals surface area contributed by atoms with Crippen molar-refractivity contribution < 1.29 is 14.3 Å². The van der Waals surface area contributed by atoms with Gasteiger partial charge in [-0.1, -0.05) is 18.2 Å². The Morgan fingerprint density at radius 2 is 1.97 bits per heavy atom. The number of pyridine rings is 1. The Balaban J connectivity index is 1.27. The van der Waals surface area contributed by atoms with E-state index < -0.39 is 0 Å². The van der Waals surface area contributed by atoms with E-state index in [-0.39, 0.29) is 24.3 Å². The van der Waals surface area contributed by atoms with Gasteiger partial charge in [-0.05, 0) is 31.0 Å². The molecule has 1 aliphatic rings. The largest absolute Gasteiger partial charge is 0.496 e. The molecule has 3 heterocycles.